The van der Waals surface area contributed by atoms with Crippen molar-refractivity contribution in [1.29, 1.82) is 0 Å². The van der Waals surface area contributed by atoms with Crippen LogP contribution in [-0.4, -0.2) is 29.6 Å². The van der Waals surface area contributed by atoms with Crippen LogP contribution in [0.15, 0.2) is 0 Å². The minimum atomic E-state index is 0.599. The molecule has 1 heterocycles. The van der Waals surface area contributed by atoms with Crippen molar-refractivity contribution in [3.05, 3.63) is 11.4 Å². The van der Waals surface area contributed by atoms with Gasteiger partial charge >= 0.3 is 0 Å². The number of aromatic nitrogens is 2. The van der Waals surface area contributed by atoms with Crippen LogP contribution < -0.4 is 10.2 Å². The van der Waals surface area contributed by atoms with Gasteiger partial charge in [0, 0.05) is 31.1 Å². The molecule has 0 aliphatic heterocycles. The highest BCUT2D eigenvalue weighted by Crippen LogP contribution is 2.40. The molecule has 4 nitrogen and oxygen atoms in total. The third-order valence-corrected chi connectivity index (χ3v) is 4.88. The van der Waals surface area contributed by atoms with Crippen molar-refractivity contribution in [2.45, 2.75) is 70.8 Å². The number of nitrogens with one attached hydrogen (secondary N) is 1. The average molecular weight is 288 g/mol. The normalized spacial score (nSPS) is 19.6. The Bertz CT molecular complexity index is 490. The minimum absolute atomic E-state index is 0.599. The maximum atomic E-state index is 4.93. The fourth-order valence-corrected chi connectivity index (χ4v) is 3.37. The highest BCUT2D eigenvalue weighted by molar-refractivity contribution is 5.59. The smallest absolute Gasteiger partial charge is 0.137 e. The lowest BCUT2D eigenvalue weighted by molar-refractivity contribution is 0.425. The Morgan fingerprint density at radius 1 is 1.10 bits per heavy atom. The molecule has 0 spiro atoms. The van der Waals surface area contributed by atoms with Crippen LogP contribution in [0.1, 0.15) is 69.2 Å². The number of anilines is 2. The van der Waals surface area contributed by atoms with Gasteiger partial charge in [0.05, 0.1) is 0 Å². The fraction of sp³-hybridized carbons (Fsp3) is 0.765. The molecule has 1 N–H and O–H groups in total. The minimum Gasteiger partial charge on any atom is -0.370 e. The monoisotopic (exact) mass is 288 g/mol. The van der Waals surface area contributed by atoms with Gasteiger partial charge in [0.25, 0.3) is 0 Å². The lowest BCUT2D eigenvalue weighted by Crippen LogP contribution is -2.35. The van der Waals surface area contributed by atoms with E-state index < -0.39 is 0 Å². The van der Waals surface area contributed by atoms with Crippen molar-refractivity contribution < 1.29 is 0 Å². The van der Waals surface area contributed by atoms with Crippen LogP contribution in [0.3, 0.4) is 0 Å². The van der Waals surface area contributed by atoms with Crippen LogP contribution in [0.5, 0.6) is 0 Å². The second kappa shape index (κ2) is 6.20. The van der Waals surface area contributed by atoms with Gasteiger partial charge in [-0.25, -0.2) is 9.97 Å². The largest absolute Gasteiger partial charge is 0.370 e. The molecule has 0 amide bonds. The molecule has 0 radical (unpaired) electrons. The van der Waals surface area contributed by atoms with E-state index in [-0.39, 0.29) is 0 Å². The van der Waals surface area contributed by atoms with E-state index >= 15 is 0 Å². The van der Waals surface area contributed by atoms with Gasteiger partial charge in [0.15, 0.2) is 0 Å². The number of rotatable bonds is 5. The van der Waals surface area contributed by atoms with Gasteiger partial charge in [-0.05, 0) is 39.5 Å². The highest BCUT2D eigenvalue weighted by atomic mass is 15.2. The Morgan fingerprint density at radius 2 is 1.81 bits per heavy atom. The van der Waals surface area contributed by atoms with E-state index in [4.69, 9.17) is 9.97 Å². The summed E-state index contributed by atoms with van der Waals surface area (Å²) < 4.78 is 0. The first kappa shape index (κ1) is 14.6. The van der Waals surface area contributed by atoms with Crippen molar-refractivity contribution >= 4 is 11.6 Å². The zero-order valence-electron chi connectivity index (χ0n) is 13.7. The van der Waals surface area contributed by atoms with Crippen molar-refractivity contribution in [1.82, 2.24) is 9.97 Å². The van der Waals surface area contributed by atoms with E-state index in [9.17, 15) is 0 Å². The molecule has 4 heteroatoms. The van der Waals surface area contributed by atoms with Crippen LogP contribution in [0.4, 0.5) is 11.6 Å². The molecule has 0 aromatic carbocycles. The summed E-state index contributed by atoms with van der Waals surface area (Å²) in [7, 11) is 2.22. The molecule has 2 aliphatic carbocycles. The molecule has 0 saturated heterocycles. The van der Waals surface area contributed by atoms with Crippen molar-refractivity contribution in [3.63, 3.8) is 0 Å². The summed E-state index contributed by atoms with van der Waals surface area (Å²) in [6.45, 7) is 5.20. The first-order chi connectivity index (χ1) is 10.2. The second-order valence-corrected chi connectivity index (χ2v) is 6.59. The molecule has 0 atom stereocenters. The zero-order chi connectivity index (χ0) is 14.8. The Balaban J connectivity index is 1.91. The molecule has 1 aromatic rings. The standard InChI is InChI=1S/C17H28N4/c1-4-18-15-12(2)17(20-16(19-15)13-10-11-13)21(3)14-8-6-5-7-9-14/h13-14H,4-11H2,1-3H3,(H,18,19,20). The number of hydrogen-bond donors (Lipinski definition) is 1. The molecule has 21 heavy (non-hydrogen) atoms. The summed E-state index contributed by atoms with van der Waals surface area (Å²) in [6.07, 6.45) is 9.21. The zero-order valence-corrected chi connectivity index (χ0v) is 13.7. The van der Waals surface area contributed by atoms with E-state index in [0.29, 0.717) is 12.0 Å². The Morgan fingerprint density at radius 3 is 2.43 bits per heavy atom. The molecule has 2 fully saturated rings. The van der Waals surface area contributed by atoms with Crippen LogP contribution in [0.25, 0.3) is 0 Å². The third-order valence-electron chi connectivity index (χ3n) is 4.88. The summed E-state index contributed by atoms with van der Waals surface area (Å²) in [6, 6.07) is 0.647. The Kier molecular flexibility index (Phi) is 4.32. The fourth-order valence-electron chi connectivity index (χ4n) is 3.37. The predicted octanol–water partition coefficient (Wildman–Crippen LogP) is 3.86. The van der Waals surface area contributed by atoms with Gasteiger partial charge in [-0.15, -0.1) is 0 Å². The van der Waals surface area contributed by atoms with E-state index in [1.807, 2.05) is 0 Å². The first-order valence-corrected chi connectivity index (χ1v) is 8.56. The molecular weight excluding hydrogens is 260 g/mol. The van der Waals surface area contributed by atoms with Gasteiger partial charge in [-0.1, -0.05) is 19.3 Å². The average Bonchev–Trinajstić information content (AvgIpc) is 3.34. The van der Waals surface area contributed by atoms with Crippen molar-refractivity contribution in [2.24, 2.45) is 0 Å². The van der Waals surface area contributed by atoms with Gasteiger partial charge in [0.2, 0.25) is 0 Å². The maximum Gasteiger partial charge on any atom is 0.137 e. The SMILES string of the molecule is CCNc1nc(C2CC2)nc(N(C)C2CCCCC2)c1C. The molecular formula is C17H28N4. The summed E-state index contributed by atoms with van der Waals surface area (Å²) >= 11 is 0. The van der Waals surface area contributed by atoms with Gasteiger partial charge in [0.1, 0.15) is 17.5 Å². The summed E-state index contributed by atoms with van der Waals surface area (Å²) in [5.41, 5.74) is 1.20. The molecule has 1 aromatic heterocycles. The van der Waals surface area contributed by atoms with Gasteiger partial charge < -0.3 is 10.2 Å². The van der Waals surface area contributed by atoms with Gasteiger partial charge in [-0.2, -0.15) is 0 Å². The summed E-state index contributed by atoms with van der Waals surface area (Å²) in [5, 5.41) is 3.42. The highest BCUT2D eigenvalue weighted by Gasteiger charge is 2.30. The van der Waals surface area contributed by atoms with Crippen LogP contribution >= 0.6 is 0 Å². The molecule has 0 unspecified atom stereocenters. The lowest BCUT2D eigenvalue weighted by Gasteiger charge is -2.33. The number of hydrogen-bond acceptors (Lipinski definition) is 4. The summed E-state index contributed by atoms with van der Waals surface area (Å²) in [4.78, 5) is 12.1. The molecule has 116 valence electrons. The second-order valence-electron chi connectivity index (χ2n) is 6.59. The van der Waals surface area contributed by atoms with Crippen molar-refractivity contribution in [2.75, 3.05) is 23.8 Å². The van der Waals surface area contributed by atoms with Crippen LogP contribution in [0.2, 0.25) is 0 Å². The predicted molar refractivity (Wildman–Crippen MR) is 88.2 cm³/mol. The Labute approximate surface area is 128 Å². The summed E-state index contributed by atoms with van der Waals surface area (Å²) in [5.74, 6) is 3.83. The van der Waals surface area contributed by atoms with E-state index in [1.165, 1.54) is 50.5 Å². The molecule has 2 saturated carbocycles. The molecule has 2 aliphatic rings. The first-order valence-electron chi connectivity index (χ1n) is 8.56. The van der Waals surface area contributed by atoms with Crippen molar-refractivity contribution in [3.8, 4) is 0 Å². The van der Waals surface area contributed by atoms with Crippen LogP contribution in [0, 0.1) is 6.92 Å². The quantitative estimate of drug-likeness (QED) is 0.893. The molecule has 3 rings (SSSR count). The number of nitrogens with zero attached hydrogens (tertiary/aromatic N) is 3. The Hall–Kier alpha value is -1.32. The van der Waals surface area contributed by atoms with E-state index in [0.717, 1.165) is 24.0 Å². The maximum absolute atomic E-state index is 4.93. The molecule has 0 bridgehead atoms. The topological polar surface area (TPSA) is 41.1 Å². The lowest BCUT2D eigenvalue weighted by atomic mass is 9.94. The van der Waals surface area contributed by atoms with E-state index in [1.54, 1.807) is 0 Å². The van der Waals surface area contributed by atoms with Crippen LogP contribution in [-0.2, 0) is 0 Å². The van der Waals surface area contributed by atoms with Gasteiger partial charge in [-0.3, -0.25) is 0 Å². The van der Waals surface area contributed by atoms with E-state index in [2.05, 4.69) is 31.1 Å². The third kappa shape index (κ3) is 3.14.